The second kappa shape index (κ2) is 5.91. The molecule has 0 aliphatic heterocycles. The first-order valence-electron chi connectivity index (χ1n) is 6.15. The zero-order valence-electron chi connectivity index (χ0n) is 11.5. The van der Waals surface area contributed by atoms with E-state index < -0.39 is 15.9 Å². The molecule has 0 fully saturated rings. The molecule has 2 aromatic rings. The maximum Gasteiger partial charge on any atom is 0.267 e. The molecular formula is C14H14ClNO4S. The summed E-state index contributed by atoms with van der Waals surface area (Å²) in [5, 5.41) is 0.417. The summed E-state index contributed by atoms with van der Waals surface area (Å²) in [6.45, 7) is 3.16. The molecule has 0 unspecified atom stereocenters. The average Bonchev–Trinajstić information content (AvgIpc) is 2.71. The van der Waals surface area contributed by atoms with Crippen molar-refractivity contribution in [3.8, 4) is 0 Å². The molecule has 112 valence electrons. The molecule has 0 saturated carbocycles. The number of rotatable bonds is 4. The third-order valence-corrected chi connectivity index (χ3v) is 4.69. The third-order valence-electron chi connectivity index (χ3n) is 2.84. The predicted molar refractivity (Wildman–Crippen MR) is 78.7 cm³/mol. The van der Waals surface area contributed by atoms with E-state index in [0.717, 1.165) is 0 Å². The van der Waals surface area contributed by atoms with Crippen molar-refractivity contribution >= 4 is 27.5 Å². The average molecular weight is 328 g/mol. The summed E-state index contributed by atoms with van der Waals surface area (Å²) in [4.78, 5) is 11.9. The molecule has 7 heteroatoms. The molecule has 21 heavy (non-hydrogen) atoms. The number of hydrogen-bond donors (Lipinski definition) is 1. The lowest BCUT2D eigenvalue weighted by Crippen LogP contribution is -2.32. The number of carbonyl (C=O) groups is 1. The highest BCUT2D eigenvalue weighted by Gasteiger charge is 2.23. The largest absolute Gasteiger partial charge is 0.465 e. The molecule has 0 radical (unpaired) electrons. The van der Waals surface area contributed by atoms with Crippen LogP contribution in [0.2, 0.25) is 5.02 Å². The van der Waals surface area contributed by atoms with Crippen LogP contribution in [0.15, 0.2) is 39.6 Å². The van der Waals surface area contributed by atoms with Crippen molar-refractivity contribution in [1.82, 2.24) is 4.72 Å². The zero-order chi connectivity index (χ0) is 15.6. The molecule has 1 heterocycles. The Kier molecular flexibility index (Phi) is 4.39. The van der Waals surface area contributed by atoms with Gasteiger partial charge in [0.2, 0.25) is 5.91 Å². The Labute approximate surface area is 128 Å². The van der Waals surface area contributed by atoms with E-state index in [9.17, 15) is 13.2 Å². The highest BCUT2D eigenvalue weighted by molar-refractivity contribution is 7.90. The first kappa shape index (κ1) is 15.6. The van der Waals surface area contributed by atoms with Crippen molar-refractivity contribution in [3.05, 3.63) is 52.4 Å². The minimum Gasteiger partial charge on any atom is -0.465 e. The van der Waals surface area contributed by atoms with Crippen LogP contribution in [0.1, 0.15) is 17.1 Å². The zero-order valence-corrected chi connectivity index (χ0v) is 13.1. The van der Waals surface area contributed by atoms with Crippen LogP contribution in [-0.2, 0) is 21.2 Å². The highest BCUT2D eigenvalue weighted by Crippen LogP contribution is 2.20. The van der Waals surface area contributed by atoms with Crippen LogP contribution in [0.4, 0.5) is 0 Å². The lowest BCUT2D eigenvalue weighted by atomic mass is 10.1. The summed E-state index contributed by atoms with van der Waals surface area (Å²) in [5.41, 5.74) is 0.562. The lowest BCUT2D eigenvalue weighted by molar-refractivity contribution is -0.118. The Balaban J connectivity index is 2.16. The lowest BCUT2D eigenvalue weighted by Gasteiger charge is -2.07. The number of hydrogen-bond acceptors (Lipinski definition) is 4. The molecule has 5 nitrogen and oxygen atoms in total. The van der Waals surface area contributed by atoms with Crippen molar-refractivity contribution in [2.45, 2.75) is 25.2 Å². The summed E-state index contributed by atoms with van der Waals surface area (Å²) in [5.74, 6) is 0.0540. The normalized spacial score (nSPS) is 11.4. The van der Waals surface area contributed by atoms with Gasteiger partial charge in [0.05, 0.1) is 6.42 Å². The van der Waals surface area contributed by atoms with Gasteiger partial charge in [-0.05, 0) is 25.5 Å². The molecule has 1 amide bonds. The van der Waals surface area contributed by atoms with E-state index in [1.54, 1.807) is 31.2 Å². The molecule has 1 aromatic heterocycles. The van der Waals surface area contributed by atoms with Gasteiger partial charge in [-0.3, -0.25) is 4.79 Å². The molecule has 1 aromatic carbocycles. The Morgan fingerprint density at radius 2 is 1.95 bits per heavy atom. The number of carbonyl (C=O) groups excluding carboxylic acids is 1. The maximum atomic E-state index is 12.1. The number of benzene rings is 1. The molecule has 0 atom stereocenters. The van der Waals surface area contributed by atoms with Crippen LogP contribution in [0.5, 0.6) is 0 Å². The Hall–Kier alpha value is -1.79. The van der Waals surface area contributed by atoms with E-state index in [2.05, 4.69) is 0 Å². The quantitative estimate of drug-likeness (QED) is 0.936. The number of furan rings is 1. The van der Waals surface area contributed by atoms with Crippen LogP contribution in [0, 0.1) is 13.8 Å². The second-order valence-corrected chi connectivity index (χ2v) is 6.63. The summed E-state index contributed by atoms with van der Waals surface area (Å²) >= 11 is 5.94. The Morgan fingerprint density at radius 3 is 2.52 bits per heavy atom. The van der Waals surface area contributed by atoms with E-state index in [1.165, 1.54) is 13.0 Å². The van der Waals surface area contributed by atoms with Gasteiger partial charge in [0.25, 0.3) is 10.0 Å². The van der Waals surface area contributed by atoms with E-state index in [1.807, 2.05) is 4.72 Å². The minimum atomic E-state index is -3.94. The molecule has 0 aliphatic carbocycles. The van der Waals surface area contributed by atoms with Crippen molar-refractivity contribution in [3.63, 3.8) is 0 Å². The van der Waals surface area contributed by atoms with Gasteiger partial charge in [0.15, 0.2) is 0 Å². The van der Waals surface area contributed by atoms with Crippen molar-refractivity contribution in [2.24, 2.45) is 0 Å². The molecular weight excluding hydrogens is 314 g/mol. The van der Waals surface area contributed by atoms with Crippen LogP contribution < -0.4 is 4.72 Å². The number of aryl methyl sites for hydroxylation is 2. The standard InChI is InChI=1S/C14H14ClNO4S/c1-9-7-13(10(2)20-9)21(18,19)16-14(17)8-11-5-3-4-6-12(11)15/h3-7H,8H2,1-2H3,(H,16,17). The Morgan fingerprint density at radius 1 is 1.29 bits per heavy atom. The molecule has 0 aliphatic rings. The fraction of sp³-hybridized carbons (Fsp3) is 0.214. The molecule has 0 saturated heterocycles. The van der Waals surface area contributed by atoms with Crippen molar-refractivity contribution in [2.75, 3.05) is 0 Å². The summed E-state index contributed by atoms with van der Waals surface area (Å²) in [6.07, 6.45) is -0.116. The van der Waals surface area contributed by atoms with Gasteiger partial charge in [-0.2, -0.15) is 0 Å². The van der Waals surface area contributed by atoms with Gasteiger partial charge < -0.3 is 4.42 Å². The number of halogens is 1. The molecule has 0 bridgehead atoms. The molecule has 2 rings (SSSR count). The van der Waals surface area contributed by atoms with Gasteiger partial charge in [-0.25, -0.2) is 13.1 Å². The molecule has 1 N–H and O–H groups in total. The highest BCUT2D eigenvalue weighted by atomic mass is 35.5. The first-order chi connectivity index (χ1) is 9.79. The maximum absolute atomic E-state index is 12.1. The number of amides is 1. The number of nitrogens with one attached hydrogen (secondary N) is 1. The SMILES string of the molecule is Cc1cc(S(=O)(=O)NC(=O)Cc2ccccc2Cl)c(C)o1. The summed E-state index contributed by atoms with van der Waals surface area (Å²) in [7, 11) is -3.94. The number of sulfonamides is 1. The van der Waals surface area contributed by atoms with Crippen LogP contribution in [-0.4, -0.2) is 14.3 Å². The van der Waals surface area contributed by atoms with E-state index in [0.29, 0.717) is 16.3 Å². The smallest absolute Gasteiger partial charge is 0.267 e. The third kappa shape index (κ3) is 3.65. The van der Waals surface area contributed by atoms with Gasteiger partial charge in [0.1, 0.15) is 16.4 Å². The van der Waals surface area contributed by atoms with Gasteiger partial charge in [0, 0.05) is 11.1 Å². The fourth-order valence-corrected chi connectivity index (χ4v) is 3.36. The second-order valence-electron chi connectivity index (χ2n) is 4.57. The monoisotopic (exact) mass is 327 g/mol. The minimum absolute atomic E-state index is 0.0347. The molecule has 0 spiro atoms. The van der Waals surface area contributed by atoms with Crippen LogP contribution >= 0.6 is 11.6 Å². The van der Waals surface area contributed by atoms with E-state index >= 15 is 0 Å². The fourth-order valence-electron chi connectivity index (χ4n) is 1.93. The first-order valence-corrected chi connectivity index (χ1v) is 8.02. The van der Waals surface area contributed by atoms with Gasteiger partial charge in [-0.1, -0.05) is 29.8 Å². The van der Waals surface area contributed by atoms with E-state index in [4.69, 9.17) is 16.0 Å². The van der Waals surface area contributed by atoms with Gasteiger partial charge >= 0.3 is 0 Å². The van der Waals surface area contributed by atoms with Crippen molar-refractivity contribution < 1.29 is 17.6 Å². The van der Waals surface area contributed by atoms with E-state index in [-0.39, 0.29) is 17.1 Å². The summed E-state index contributed by atoms with van der Waals surface area (Å²) in [6, 6.07) is 8.15. The Bertz CT molecular complexity index is 780. The van der Waals surface area contributed by atoms with Gasteiger partial charge in [-0.15, -0.1) is 0 Å². The topological polar surface area (TPSA) is 76.4 Å². The van der Waals surface area contributed by atoms with Crippen LogP contribution in [0.25, 0.3) is 0 Å². The summed E-state index contributed by atoms with van der Waals surface area (Å²) < 4.78 is 31.4. The predicted octanol–water partition coefficient (Wildman–Crippen LogP) is 2.60. The van der Waals surface area contributed by atoms with Crippen LogP contribution in [0.3, 0.4) is 0 Å². The van der Waals surface area contributed by atoms with Crippen molar-refractivity contribution in [1.29, 1.82) is 0 Å².